The van der Waals surface area contributed by atoms with Crippen LogP contribution in [0.3, 0.4) is 0 Å². The average molecular weight is 446 g/mol. The van der Waals surface area contributed by atoms with Crippen molar-refractivity contribution in [2.75, 3.05) is 6.54 Å². The minimum absolute atomic E-state index is 0.254. The van der Waals surface area contributed by atoms with Gasteiger partial charge in [0.1, 0.15) is 0 Å². The summed E-state index contributed by atoms with van der Waals surface area (Å²) >= 11 is 0. The molecule has 32 heavy (non-hydrogen) atoms. The molecular formula is C26H27N3O2S. The van der Waals surface area contributed by atoms with E-state index in [-0.39, 0.29) is 6.04 Å². The van der Waals surface area contributed by atoms with Gasteiger partial charge >= 0.3 is 0 Å². The van der Waals surface area contributed by atoms with E-state index in [0.29, 0.717) is 16.5 Å². The van der Waals surface area contributed by atoms with Crippen molar-refractivity contribution < 1.29 is 8.42 Å². The Balaban J connectivity index is 1.54. The van der Waals surface area contributed by atoms with Crippen LogP contribution in [0, 0.1) is 0 Å². The second-order valence-corrected chi connectivity index (χ2v) is 10.9. The monoisotopic (exact) mass is 445 g/mol. The molecule has 2 aliphatic rings. The van der Waals surface area contributed by atoms with Gasteiger partial charge in [-0.3, -0.25) is 9.88 Å². The van der Waals surface area contributed by atoms with Gasteiger partial charge in [-0.05, 0) is 61.7 Å². The first-order valence-electron chi connectivity index (χ1n) is 11.6. The zero-order valence-electron chi connectivity index (χ0n) is 18.0. The molecule has 6 rings (SSSR count). The van der Waals surface area contributed by atoms with E-state index in [1.54, 1.807) is 12.3 Å². The fraction of sp³-hybridized carbons (Fsp3) is 0.346. The van der Waals surface area contributed by atoms with E-state index < -0.39 is 10.0 Å². The number of piperidine rings is 2. The summed E-state index contributed by atoms with van der Waals surface area (Å²) in [5.41, 5.74) is 1.81. The Hall–Kier alpha value is -2.70. The van der Waals surface area contributed by atoms with Gasteiger partial charge in [-0.1, -0.05) is 42.8 Å². The summed E-state index contributed by atoms with van der Waals surface area (Å²) < 4.78 is 29.4. The molecule has 0 amide bonds. The molecule has 0 aliphatic carbocycles. The lowest BCUT2D eigenvalue weighted by molar-refractivity contribution is 0.0525. The number of hydrogen-bond acceptors (Lipinski definition) is 4. The highest BCUT2D eigenvalue weighted by molar-refractivity contribution is 7.90. The molecule has 0 bridgehead atoms. The first-order valence-corrected chi connectivity index (χ1v) is 13.0. The third-order valence-electron chi connectivity index (χ3n) is 7.34. The molecule has 2 atom stereocenters. The number of nitrogens with zero attached hydrogens (tertiary/aromatic N) is 3. The van der Waals surface area contributed by atoms with E-state index in [1.165, 1.54) is 36.1 Å². The topological polar surface area (TPSA) is 55.2 Å². The van der Waals surface area contributed by atoms with E-state index in [9.17, 15) is 8.42 Å². The van der Waals surface area contributed by atoms with Crippen LogP contribution in [-0.4, -0.2) is 34.9 Å². The van der Waals surface area contributed by atoms with E-state index in [1.807, 2.05) is 54.9 Å². The van der Waals surface area contributed by atoms with Crippen molar-refractivity contribution in [3.8, 4) is 0 Å². The van der Waals surface area contributed by atoms with Crippen molar-refractivity contribution in [1.82, 2.24) is 13.9 Å². The number of aromatic nitrogens is 2. The molecule has 2 aromatic carbocycles. The molecule has 6 heteroatoms. The molecule has 0 spiro atoms. The van der Waals surface area contributed by atoms with E-state index >= 15 is 0 Å². The Kier molecular flexibility index (Phi) is 4.81. The molecule has 5 nitrogen and oxygen atoms in total. The fourth-order valence-electron chi connectivity index (χ4n) is 5.85. The minimum atomic E-state index is -3.77. The van der Waals surface area contributed by atoms with E-state index in [0.717, 1.165) is 34.7 Å². The Morgan fingerprint density at radius 2 is 1.72 bits per heavy atom. The zero-order chi connectivity index (χ0) is 21.7. The van der Waals surface area contributed by atoms with Crippen LogP contribution in [0.4, 0.5) is 0 Å². The van der Waals surface area contributed by atoms with Gasteiger partial charge in [-0.25, -0.2) is 12.4 Å². The molecule has 2 fully saturated rings. The fourth-order valence-corrected chi connectivity index (χ4v) is 7.44. The van der Waals surface area contributed by atoms with Crippen LogP contribution in [-0.2, 0) is 10.0 Å². The molecule has 0 radical (unpaired) electrons. The quantitative estimate of drug-likeness (QED) is 0.417. The predicted molar refractivity (Wildman–Crippen MR) is 127 cm³/mol. The van der Waals surface area contributed by atoms with Crippen LogP contribution in [0.5, 0.6) is 0 Å². The molecule has 0 N–H and O–H groups in total. The van der Waals surface area contributed by atoms with Crippen molar-refractivity contribution in [3.05, 3.63) is 72.7 Å². The number of pyridine rings is 1. The maximum atomic E-state index is 14.0. The molecule has 2 aromatic heterocycles. The van der Waals surface area contributed by atoms with Crippen molar-refractivity contribution in [2.24, 2.45) is 0 Å². The predicted octanol–water partition coefficient (Wildman–Crippen LogP) is 5.51. The van der Waals surface area contributed by atoms with Crippen LogP contribution < -0.4 is 0 Å². The van der Waals surface area contributed by atoms with E-state index in [2.05, 4.69) is 9.88 Å². The van der Waals surface area contributed by atoms with Crippen molar-refractivity contribution in [1.29, 1.82) is 0 Å². The summed E-state index contributed by atoms with van der Waals surface area (Å²) in [6, 6.07) is 15.9. The normalized spacial score (nSPS) is 22.2. The third kappa shape index (κ3) is 3.08. The standard InChI is InChI=1S/C26H27N3O2S/c30-32(31,26-13-5-8-19-7-1-2-11-21(19)26)29-18-23(22-17-27-15-14-25(22)29)24-12-6-10-20-9-3-4-16-28(20)24/h1-2,5,7-8,11,13-15,17-18,20,24H,3-4,6,9-10,12,16H2. The minimum Gasteiger partial charge on any atom is -0.293 e. The van der Waals surface area contributed by atoms with Crippen molar-refractivity contribution in [2.45, 2.75) is 55.5 Å². The van der Waals surface area contributed by atoms with Crippen LogP contribution in [0.25, 0.3) is 21.7 Å². The highest BCUT2D eigenvalue weighted by Crippen LogP contribution is 2.42. The lowest BCUT2D eigenvalue weighted by Gasteiger charge is -2.45. The maximum absolute atomic E-state index is 14.0. The van der Waals surface area contributed by atoms with Crippen LogP contribution in [0.1, 0.15) is 50.1 Å². The summed E-state index contributed by atoms with van der Waals surface area (Å²) in [4.78, 5) is 7.34. The van der Waals surface area contributed by atoms with Gasteiger partial charge in [-0.15, -0.1) is 0 Å². The zero-order valence-corrected chi connectivity index (χ0v) is 18.8. The van der Waals surface area contributed by atoms with Crippen LogP contribution >= 0.6 is 0 Å². The lowest BCUT2D eigenvalue weighted by atomic mass is 9.86. The Morgan fingerprint density at radius 1 is 0.875 bits per heavy atom. The van der Waals surface area contributed by atoms with Gasteiger partial charge in [0.15, 0.2) is 0 Å². The lowest BCUT2D eigenvalue weighted by Crippen LogP contribution is -2.44. The number of benzene rings is 2. The highest BCUT2D eigenvalue weighted by Gasteiger charge is 2.35. The second kappa shape index (κ2) is 7.71. The van der Waals surface area contributed by atoms with Gasteiger partial charge in [0, 0.05) is 41.4 Å². The second-order valence-electron chi connectivity index (χ2n) is 9.09. The van der Waals surface area contributed by atoms with Gasteiger partial charge in [0.05, 0.1) is 10.4 Å². The van der Waals surface area contributed by atoms with Gasteiger partial charge in [0.2, 0.25) is 0 Å². The summed E-state index contributed by atoms with van der Waals surface area (Å²) in [6.07, 6.45) is 12.7. The van der Waals surface area contributed by atoms with E-state index in [4.69, 9.17) is 0 Å². The average Bonchev–Trinajstić information content (AvgIpc) is 3.24. The van der Waals surface area contributed by atoms with Gasteiger partial charge < -0.3 is 0 Å². The summed E-state index contributed by atoms with van der Waals surface area (Å²) in [5, 5.41) is 2.63. The molecular weight excluding hydrogens is 418 g/mol. The van der Waals surface area contributed by atoms with Gasteiger partial charge in [-0.2, -0.15) is 0 Å². The Labute approximate surface area is 188 Å². The molecule has 0 saturated carbocycles. The molecule has 2 unspecified atom stereocenters. The molecule has 4 heterocycles. The summed E-state index contributed by atoms with van der Waals surface area (Å²) in [5.74, 6) is 0. The highest BCUT2D eigenvalue weighted by atomic mass is 32.2. The summed E-state index contributed by atoms with van der Waals surface area (Å²) in [6.45, 7) is 1.10. The Morgan fingerprint density at radius 3 is 2.66 bits per heavy atom. The molecule has 2 saturated heterocycles. The largest absolute Gasteiger partial charge is 0.293 e. The number of rotatable bonds is 3. The van der Waals surface area contributed by atoms with Crippen LogP contribution in [0.15, 0.2) is 72.0 Å². The van der Waals surface area contributed by atoms with Crippen LogP contribution in [0.2, 0.25) is 0 Å². The van der Waals surface area contributed by atoms with Crippen molar-refractivity contribution in [3.63, 3.8) is 0 Å². The first-order chi connectivity index (χ1) is 15.6. The Bertz CT molecular complexity index is 1400. The third-order valence-corrected chi connectivity index (χ3v) is 9.07. The SMILES string of the molecule is O=S(=O)(c1cccc2ccccc12)n1cc(C2CCCC3CCCCN32)c2cnccc21. The van der Waals surface area contributed by atoms with Gasteiger partial charge in [0.25, 0.3) is 10.0 Å². The smallest absolute Gasteiger partial charge is 0.268 e. The first kappa shape index (κ1) is 19.9. The molecule has 4 aromatic rings. The maximum Gasteiger partial charge on any atom is 0.268 e. The van der Waals surface area contributed by atoms with Crippen molar-refractivity contribution >= 4 is 31.7 Å². The summed E-state index contributed by atoms with van der Waals surface area (Å²) in [7, 11) is -3.77. The number of hydrogen-bond donors (Lipinski definition) is 0. The molecule has 164 valence electrons. The molecule has 2 aliphatic heterocycles. The number of fused-ring (bicyclic) bond motifs is 3.